The van der Waals surface area contributed by atoms with Crippen LogP contribution in [-0.2, 0) is 0 Å². The van der Waals surface area contributed by atoms with Gasteiger partial charge < -0.3 is 5.32 Å². The number of hydrogen-bond donors (Lipinski definition) is 1. The molecule has 0 radical (unpaired) electrons. The van der Waals surface area contributed by atoms with Gasteiger partial charge in [-0.05, 0) is 18.6 Å². The van der Waals surface area contributed by atoms with E-state index in [0.29, 0.717) is 11.0 Å². The average Bonchev–Trinajstić information content (AvgIpc) is 2.30. The minimum atomic E-state index is 0.642. The molecule has 0 amide bonds. The molecule has 0 aliphatic carbocycles. The van der Waals surface area contributed by atoms with Gasteiger partial charge in [0, 0.05) is 6.54 Å². The fraction of sp³-hybridized carbons (Fsp3) is 0.636. The van der Waals surface area contributed by atoms with Crippen molar-refractivity contribution in [3.63, 3.8) is 0 Å². The number of hydrogen-bond acceptors (Lipinski definition) is 4. The van der Waals surface area contributed by atoms with Crippen LogP contribution in [0.15, 0.2) is 11.2 Å². The summed E-state index contributed by atoms with van der Waals surface area (Å²) in [6.07, 6.45) is 5.10. The van der Waals surface area contributed by atoms with Gasteiger partial charge in [0.15, 0.2) is 0 Å². The predicted molar refractivity (Wildman–Crippen MR) is 71.5 cm³/mol. The standard InChI is InChI=1S/C11H18ClN3S/c1-3-5-7-16-10-9(12)8-14-11(15-10)13-6-4-2/h8H,3-7H2,1-2H3,(H,13,14,15). The summed E-state index contributed by atoms with van der Waals surface area (Å²) in [6, 6.07) is 0. The number of unbranched alkanes of at least 4 members (excludes halogenated alkanes) is 1. The summed E-state index contributed by atoms with van der Waals surface area (Å²) in [5.74, 6) is 1.73. The predicted octanol–water partition coefficient (Wildman–Crippen LogP) is 3.84. The molecule has 0 aliphatic heterocycles. The maximum atomic E-state index is 6.04. The summed E-state index contributed by atoms with van der Waals surface area (Å²) in [6.45, 7) is 5.18. The van der Waals surface area contributed by atoms with E-state index in [0.717, 1.165) is 23.7 Å². The molecule has 1 aromatic rings. The molecule has 0 saturated heterocycles. The van der Waals surface area contributed by atoms with Crippen LogP contribution in [0.5, 0.6) is 0 Å². The molecule has 0 unspecified atom stereocenters. The zero-order valence-corrected chi connectivity index (χ0v) is 11.4. The molecule has 0 aromatic carbocycles. The average molecular weight is 260 g/mol. The van der Waals surface area contributed by atoms with E-state index in [1.807, 2.05) is 0 Å². The van der Waals surface area contributed by atoms with Gasteiger partial charge in [0.25, 0.3) is 0 Å². The van der Waals surface area contributed by atoms with Crippen molar-refractivity contribution in [3.8, 4) is 0 Å². The lowest BCUT2D eigenvalue weighted by atomic mass is 10.4. The molecule has 1 heterocycles. The first-order chi connectivity index (χ1) is 7.77. The fourth-order valence-corrected chi connectivity index (χ4v) is 2.31. The van der Waals surface area contributed by atoms with Crippen molar-refractivity contribution >= 4 is 29.3 Å². The van der Waals surface area contributed by atoms with Crippen LogP contribution in [0, 0.1) is 0 Å². The van der Waals surface area contributed by atoms with Crippen molar-refractivity contribution < 1.29 is 0 Å². The molecule has 1 N–H and O–H groups in total. The number of rotatable bonds is 7. The van der Waals surface area contributed by atoms with E-state index in [1.165, 1.54) is 12.8 Å². The first kappa shape index (κ1) is 13.6. The van der Waals surface area contributed by atoms with Crippen LogP contribution in [-0.4, -0.2) is 22.3 Å². The number of nitrogens with zero attached hydrogens (tertiary/aromatic N) is 2. The Morgan fingerprint density at radius 2 is 2.19 bits per heavy atom. The third kappa shape index (κ3) is 4.58. The fourth-order valence-electron chi connectivity index (χ4n) is 1.09. The molecule has 1 rings (SSSR count). The minimum absolute atomic E-state index is 0.642. The Balaban J connectivity index is 2.59. The van der Waals surface area contributed by atoms with Crippen molar-refractivity contribution in [2.75, 3.05) is 17.6 Å². The van der Waals surface area contributed by atoms with Crippen LogP contribution in [0.1, 0.15) is 33.1 Å². The Bertz CT molecular complexity index is 320. The van der Waals surface area contributed by atoms with Crippen molar-refractivity contribution in [1.29, 1.82) is 0 Å². The first-order valence-corrected chi connectivity index (χ1v) is 7.03. The molecule has 0 fully saturated rings. The van der Waals surface area contributed by atoms with Crippen molar-refractivity contribution in [1.82, 2.24) is 9.97 Å². The summed E-state index contributed by atoms with van der Waals surface area (Å²) < 4.78 is 0. The normalized spacial score (nSPS) is 10.4. The second kappa shape index (κ2) is 7.74. The van der Waals surface area contributed by atoms with Crippen LogP contribution in [0.3, 0.4) is 0 Å². The zero-order chi connectivity index (χ0) is 11.8. The molecule has 3 nitrogen and oxygen atoms in total. The van der Waals surface area contributed by atoms with E-state index in [-0.39, 0.29) is 0 Å². The number of halogens is 1. The number of anilines is 1. The highest BCUT2D eigenvalue weighted by Crippen LogP contribution is 2.25. The van der Waals surface area contributed by atoms with Gasteiger partial charge in [-0.1, -0.05) is 31.9 Å². The van der Waals surface area contributed by atoms with E-state index in [2.05, 4.69) is 29.1 Å². The molecule has 16 heavy (non-hydrogen) atoms. The summed E-state index contributed by atoms with van der Waals surface area (Å²) in [4.78, 5) is 8.53. The Hall–Kier alpha value is -0.480. The summed E-state index contributed by atoms with van der Waals surface area (Å²) in [5, 5.41) is 4.68. The lowest BCUT2D eigenvalue weighted by Crippen LogP contribution is -2.04. The number of nitrogens with one attached hydrogen (secondary N) is 1. The topological polar surface area (TPSA) is 37.8 Å². The first-order valence-electron chi connectivity index (χ1n) is 5.67. The summed E-state index contributed by atoms with van der Waals surface area (Å²) >= 11 is 7.73. The third-order valence-electron chi connectivity index (χ3n) is 1.98. The Morgan fingerprint density at radius 3 is 2.88 bits per heavy atom. The second-order valence-electron chi connectivity index (χ2n) is 3.48. The smallest absolute Gasteiger partial charge is 0.223 e. The lowest BCUT2D eigenvalue weighted by Gasteiger charge is -2.06. The second-order valence-corrected chi connectivity index (χ2v) is 4.97. The van der Waals surface area contributed by atoms with Crippen LogP contribution in [0.2, 0.25) is 5.02 Å². The molecule has 0 atom stereocenters. The van der Waals surface area contributed by atoms with Crippen LogP contribution in [0.25, 0.3) is 0 Å². The molecular formula is C11H18ClN3S. The molecule has 5 heteroatoms. The zero-order valence-electron chi connectivity index (χ0n) is 9.79. The minimum Gasteiger partial charge on any atom is -0.354 e. The van der Waals surface area contributed by atoms with Crippen molar-refractivity contribution in [3.05, 3.63) is 11.2 Å². The molecule has 1 aromatic heterocycles. The Kier molecular flexibility index (Phi) is 6.57. The van der Waals surface area contributed by atoms with Crippen molar-refractivity contribution in [2.24, 2.45) is 0 Å². The van der Waals surface area contributed by atoms with E-state index in [4.69, 9.17) is 11.6 Å². The molecule has 0 spiro atoms. The monoisotopic (exact) mass is 259 g/mol. The van der Waals surface area contributed by atoms with E-state index >= 15 is 0 Å². The SMILES string of the molecule is CCCCSc1nc(NCCC)ncc1Cl. The number of aromatic nitrogens is 2. The van der Waals surface area contributed by atoms with Gasteiger partial charge in [0.2, 0.25) is 5.95 Å². The van der Waals surface area contributed by atoms with Gasteiger partial charge in [-0.2, -0.15) is 0 Å². The van der Waals surface area contributed by atoms with E-state index in [9.17, 15) is 0 Å². The van der Waals surface area contributed by atoms with E-state index < -0.39 is 0 Å². The quantitative estimate of drug-likeness (QED) is 0.459. The Labute approximate surface area is 106 Å². The highest BCUT2D eigenvalue weighted by Gasteiger charge is 2.05. The Morgan fingerprint density at radius 1 is 1.38 bits per heavy atom. The number of thioether (sulfide) groups is 1. The molecule has 0 bridgehead atoms. The maximum absolute atomic E-state index is 6.04. The van der Waals surface area contributed by atoms with Gasteiger partial charge in [-0.15, -0.1) is 11.8 Å². The van der Waals surface area contributed by atoms with Gasteiger partial charge in [-0.25, -0.2) is 9.97 Å². The third-order valence-corrected chi connectivity index (χ3v) is 3.45. The van der Waals surface area contributed by atoms with Crippen molar-refractivity contribution in [2.45, 2.75) is 38.1 Å². The highest BCUT2D eigenvalue weighted by molar-refractivity contribution is 7.99. The molecule has 0 aliphatic rings. The maximum Gasteiger partial charge on any atom is 0.223 e. The lowest BCUT2D eigenvalue weighted by molar-refractivity contribution is 0.892. The largest absolute Gasteiger partial charge is 0.354 e. The van der Waals surface area contributed by atoms with Crippen LogP contribution in [0.4, 0.5) is 5.95 Å². The van der Waals surface area contributed by atoms with Gasteiger partial charge in [0.1, 0.15) is 5.03 Å². The molecule has 0 saturated carbocycles. The molecule has 90 valence electrons. The van der Waals surface area contributed by atoms with E-state index in [1.54, 1.807) is 18.0 Å². The van der Waals surface area contributed by atoms with Crippen LogP contribution >= 0.6 is 23.4 Å². The van der Waals surface area contributed by atoms with Gasteiger partial charge in [-0.3, -0.25) is 0 Å². The van der Waals surface area contributed by atoms with Gasteiger partial charge >= 0.3 is 0 Å². The highest BCUT2D eigenvalue weighted by atomic mass is 35.5. The van der Waals surface area contributed by atoms with Gasteiger partial charge in [0.05, 0.1) is 11.2 Å². The summed E-state index contributed by atoms with van der Waals surface area (Å²) in [7, 11) is 0. The molecular weight excluding hydrogens is 242 g/mol. The summed E-state index contributed by atoms with van der Waals surface area (Å²) in [5.41, 5.74) is 0. The van der Waals surface area contributed by atoms with Crippen LogP contribution < -0.4 is 5.32 Å².